The third kappa shape index (κ3) is 3.67. The molecule has 0 aliphatic heterocycles. The molecule has 4 aromatic heterocycles. The molecule has 14 nitrogen and oxygen atoms in total. The molecule has 5 aromatic rings. The molecule has 0 fully saturated rings. The minimum absolute atomic E-state index is 0.0412. The standard InChI is InChI=1S/C18H17N11O3S/c1-3-29-17(12-14(19)26-31-24-12)22-23-18(29)33-8-11(30)21-15-13(25-32-27-15)16-20-9-6-4-5-7-10(9)28(16)2/h4-7H,3,8H2,1-2H3,(H2,19,26)(H,21,27,30). The summed E-state index contributed by atoms with van der Waals surface area (Å²) >= 11 is 1.19. The number of aromatic nitrogens is 9. The van der Waals surface area contributed by atoms with E-state index in [0.29, 0.717) is 34.7 Å². The van der Waals surface area contributed by atoms with Crippen LogP contribution in [0.4, 0.5) is 11.6 Å². The van der Waals surface area contributed by atoms with Gasteiger partial charge in [0.2, 0.25) is 11.7 Å². The highest BCUT2D eigenvalue weighted by atomic mass is 32.2. The van der Waals surface area contributed by atoms with E-state index in [2.05, 4.69) is 45.8 Å². The van der Waals surface area contributed by atoms with Gasteiger partial charge in [0.05, 0.1) is 16.8 Å². The van der Waals surface area contributed by atoms with E-state index in [1.54, 1.807) is 4.57 Å². The van der Waals surface area contributed by atoms with Crippen molar-refractivity contribution < 1.29 is 14.1 Å². The van der Waals surface area contributed by atoms with E-state index in [0.717, 1.165) is 11.0 Å². The maximum atomic E-state index is 12.6. The highest BCUT2D eigenvalue weighted by Gasteiger charge is 2.22. The summed E-state index contributed by atoms with van der Waals surface area (Å²) in [5.74, 6) is 0.932. The summed E-state index contributed by atoms with van der Waals surface area (Å²) < 4.78 is 13.1. The molecule has 0 unspecified atom stereocenters. The van der Waals surface area contributed by atoms with E-state index in [1.807, 2.05) is 42.8 Å². The van der Waals surface area contributed by atoms with Gasteiger partial charge in [0.1, 0.15) is 0 Å². The molecule has 5 rings (SSSR count). The zero-order valence-electron chi connectivity index (χ0n) is 17.5. The van der Waals surface area contributed by atoms with Gasteiger partial charge >= 0.3 is 0 Å². The Labute approximate surface area is 189 Å². The van der Waals surface area contributed by atoms with Gasteiger partial charge in [0.15, 0.2) is 34.0 Å². The van der Waals surface area contributed by atoms with Gasteiger partial charge < -0.3 is 20.2 Å². The molecule has 168 valence electrons. The summed E-state index contributed by atoms with van der Waals surface area (Å²) in [6.45, 7) is 2.44. The van der Waals surface area contributed by atoms with Gasteiger partial charge in [-0.25, -0.2) is 14.2 Å². The van der Waals surface area contributed by atoms with Crippen molar-refractivity contribution in [3.8, 4) is 23.0 Å². The van der Waals surface area contributed by atoms with Crippen molar-refractivity contribution in [2.45, 2.75) is 18.6 Å². The molecule has 4 heterocycles. The van der Waals surface area contributed by atoms with Crippen LogP contribution in [0.5, 0.6) is 0 Å². The van der Waals surface area contributed by atoms with Crippen molar-refractivity contribution >= 4 is 40.3 Å². The van der Waals surface area contributed by atoms with Crippen LogP contribution < -0.4 is 11.1 Å². The lowest BCUT2D eigenvalue weighted by Crippen LogP contribution is -2.16. The first-order chi connectivity index (χ1) is 16.1. The van der Waals surface area contributed by atoms with E-state index >= 15 is 0 Å². The van der Waals surface area contributed by atoms with Crippen molar-refractivity contribution in [3.63, 3.8) is 0 Å². The predicted molar refractivity (Wildman–Crippen MR) is 117 cm³/mol. The molecular formula is C18H17N11O3S. The van der Waals surface area contributed by atoms with Crippen LogP contribution in [0.3, 0.4) is 0 Å². The lowest BCUT2D eigenvalue weighted by atomic mass is 10.3. The summed E-state index contributed by atoms with van der Waals surface area (Å²) in [6.07, 6.45) is 0. The monoisotopic (exact) mass is 467 g/mol. The third-order valence-corrected chi connectivity index (χ3v) is 5.80. The number of amides is 1. The Morgan fingerprint density at radius 3 is 2.64 bits per heavy atom. The number of carbonyl (C=O) groups excluding carboxylic acids is 1. The Balaban J connectivity index is 1.31. The summed E-state index contributed by atoms with van der Waals surface area (Å²) in [7, 11) is 1.85. The zero-order valence-corrected chi connectivity index (χ0v) is 18.3. The number of hydrogen-bond acceptors (Lipinski definition) is 12. The number of thioether (sulfide) groups is 1. The average Bonchev–Trinajstić information content (AvgIpc) is 3.59. The SMILES string of the molecule is CCn1c(SCC(=O)Nc2nonc2-c2nc3ccccc3n2C)nnc1-c1nonc1N. The second kappa shape index (κ2) is 8.34. The van der Waals surface area contributed by atoms with Crippen LogP contribution in [0.15, 0.2) is 38.7 Å². The fraction of sp³-hybridized carbons (Fsp3) is 0.222. The van der Waals surface area contributed by atoms with Crippen LogP contribution in [-0.4, -0.2) is 56.6 Å². The molecule has 0 aliphatic rings. The van der Waals surface area contributed by atoms with Gasteiger partial charge in [-0.15, -0.1) is 10.2 Å². The first-order valence-electron chi connectivity index (χ1n) is 9.75. The first kappa shape index (κ1) is 20.6. The molecule has 0 aliphatic carbocycles. The number of aryl methyl sites for hydroxylation is 1. The third-order valence-electron chi connectivity index (χ3n) is 4.84. The van der Waals surface area contributed by atoms with Crippen LogP contribution in [-0.2, 0) is 18.4 Å². The summed E-state index contributed by atoms with van der Waals surface area (Å²) in [5, 5.41) is 26.5. The molecule has 15 heteroatoms. The van der Waals surface area contributed by atoms with Crippen molar-refractivity contribution in [2.24, 2.45) is 7.05 Å². The van der Waals surface area contributed by atoms with Gasteiger partial charge in [-0.2, -0.15) is 0 Å². The lowest BCUT2D eigenvalue weighted by molar-refractivity contribution is -0.113. The van der Waals surface area contributed by atoms with E-state index in [1.165, 1.54) is 11.8 Å². The number of nitrogens with two attached hydrogens (primary N) is 1. The summed E-state index contributed by atoms with van der Waals surface area (Å²) in [4.78, 5) is 17.2. The van der Waals surface area contributed by atoms with Crippen molar-refractivity contribution in [1.82, 2.24) is 44.9 Å². The number of nitrogens with one attached hydrogen (secondary N) is 1. The first-order valence-corrected chi connectivity index (χ1v) is 10.7. The van der Waals surface area contributed by atoms with Gasteiger partial charge in [-0.05, 0) is 39.7 Å². The van der Waals surface area contributed by atoms with Gasteiger partial charge in [0, 0.05) is 13.6 Å². The molecule has 1 amide bonds. The molecule has 0 saturated carbocycles. The number of imidazole rings is 1. The number of nitrogens with zero attached hydrogens (tertiary/aromatic N) is 9. The van der Waals surface area contributed by atoms with Crippen molar-refractivity contribution in [1.29, 1.82) is 0 Å². The lowest BCUT2D eigenvalue weighted by Gasteiger charge is -2.06. The predicted octanol–water partition coefficient (Wildman–Crippen LogP) is 1.60. The van der Waals surface area contributed by atoms with Gasteiger partial charge in [0.25, 0.3) is 0 Å². The molecule has 0 atom stereocenters. The normalized spacial score (nSPS) is 11.3. The second-order valence-electron chi connectivity index (χ2n) is 6.83. The number of para-hydroxylation sites is 2. The number of fused-ring (bicyclic) bond motifs is 1. The molecule has 0 spiro atoms. The van der Waals surface area contributed by atoms with Crippen LogP contribution >= 0.6 is 11.8 Å². The van der Waals surface area contributed by atoms with Gasteiger partial charge in [-0.3, -0.25) is 4.79 Å². The molecule has 0 radical (unpaired) electrons. The molecule has 0 bridgehead atoms. The fourth-order valence-corrected chi connectivity index (χ4v) is 4.08. The average molecular weight is 467 g/mol. The molecular weight excluding hydrogens is 450 g/mol. The quantitative estimate of drug-likeness (QED) is 0.330. The number of rotatable bonds is 7. The maximum absolute atomic E-state index is 12.6. The van der Waals surface area contributed by atoms with Crippen molar-refractivity contribution in [2.75, 3.05) is 16.8 Å². The van der Waals surface area contributed by atoms with Crippen LogP contribution in [0.1, 0.15) is 6.92 Å². The Morgan fingerprint density at radius 1 is 1.09 bits per heavy atom. The number of nitrogen functional groups attached to an aromatic ring is 1. The minimum atomic E-state index is -0.328. The Morgan fingerprint density at radius 2 is 1.88 bits per heavy atom. The zero-order chi connectivity index (χ0) is 22.9. The van der Waals surface area contributed by atoms with E-state index in [-0.39, 0.29) is 23.3 Å². The van der Waals surface area contributed by atoms with Crippen molar-refractivity contribution in [3.05, 3.63) is 24.3 Å². The molecule has 1 aromatic carbocycles. The highest BCUT2D eigenvalue weighted by Crippen LogP contribution is 2.28. The number of hydrogen-bond donors (Lipinski definition) is 2. The minimum Gasteiger partial charge on any atom is -0.379 e. The van der Waals surface area contributed by atoms with E-state index in [4.69, 9.17) is 10.4 Å². The van der Waals surface area contributed by atoms with Crippen LogP contribution in [0, 0.1) is 0 Å². The Kier molecular flexibility index (Phi) is 5.21. The Hall–Kier alpha value is -4.27. The number of carbonyl (C=O) groups is 1. The number of benzene rings is 1. The molecule has 0 saturated heterocycles. The fourth-order valence-electron chi connectivity index (χ4n) is 3.28. The Bertz CT molecular complexity index is 1450. The smallest absolute Gasteiger partial charge is 0.236 e. The molecule has 3 N–H and O–H groups in total. The summed E-state index contributed by atoms with van der Waals surface area (Å²) in [5.41, 5.74) is 8.09. The number of anilines is 2. The van der Waals surface area contributed by atoms with E-state index in [9.17, 15) is 4.79 Å². The highest BCUT2D eigenvalue weighted by molar-refractivity contribution is 7.99. The van der Waals surface area contributed by atoms with Crippen LogP contribution in [0.2, 0.25) is 0 Å². The molecule has 33 heavy (non-hydrogen) atoms. The largest absolute Gasteiger partial charge is 0.379 e. The summed E-state index contributed by atoms with van der Waals surface area (Å²) in [6, 6.07) is 7.65. The second-order valence-corrected chi connectivity index (χ2v) is 7.77. The maximum Gasteiger partial charge on any atom is 0.236 e. The van der Waals surface area contributed by atoms with Gasteiger partial charge in [-0.1, -0.05) is 23.9 Å². The topological polar surface area (TPSA) is 181 Å². The van der Waals surface area contributed by atoms with E-state index < -0.39 is 0 Å². The van der Waals surface area contributed by atoms with Crippen LogP contribution in [0.25, 0.3) is 34.1 Å².